The highest BCUT2D eigenvalue weighted by atomic mass is 35.5. The molecule has 1 aromatic rings. The maximum Gasteiger partial charge on any atom is 0.214 e. The number of nitrogens with zero attached hydrogens (tertiary/aromatic N) is 1. The van der Waals surface area contributed by atoms with E-state index in [1.807, 2.05) is 6.07 Å². The maximum absolute atomic E-state index is 5.98. The van der Waals surface area contributed by atoms with Gasteiger partial charge in [0.1, 0.15) is 6.10 Å². The minimum atomic E-state index is -0.00411. The van der Waals surface area contributed by atoms with Crippen LogP contribution < -0.4 is 4.74 Å². The number of rotatable bonds is 3. The Morgan fingerprint density at radius 2 is 2.00 bits per heavy atom. The van der Waals surface area contributed by atoms with Crippen LogP contribution in [0.15, 0.2) is 12.1 Å². The summed E-state index contributed by atoms with van der Waals surface area (Å²) in [7, 11) is 0. The molecule has 4 heteroatoms. The van der Waals surface area contributed by atoms with E-state index in [4.69, 9.17) is 21.1 Å². The van der Waals surface area contributed by atoms with Crippen LogP contribution in [0.1, 0.15) is 44.9 Å². The third-order valence-electron chi connectivity index (χ3n) is 3.24. The fraction of sp³-hybridized carbons (Fsp3) is 0.667. The van der Waals surface area contributed by atoms with Gasteiger partial charge in [0.2, 0.25) is 5.88 Å². The molecule has 0 aliphatic carbocycles. The summed E-state index contributed by atoms with van der Waals surface area (Å²) in [6, 6.07) is 4.00. The summed E-state index contributed by atoms with van der Waals surface area (Å²) >= 11 is 5.96. The van der Waals surface area contributed by atoms with Crippen LogP contribution in [-0.2, 0) is 16.0 Å². The lowest BCUT2D eigenvalue weighted by atomic mass is 9.91. The molecule has 1 aromatic heterocycles. The third kappa shape index (κ3) is 4.08. The molecule has 1 fully saturated rings. The lowest BCUT2D eigenvalue weighted by Gasteiger charge is -2.24. The van der Waals surface area contributed by atoms with Crippen molar-refractivity contribution in [1.82, 2.24) is 4.98 Å². The van der Waals surface area contributed by atoms with Crippen molar-refractivity contribution < 1.29 is 9.47 Å². The van der Waals surface area contributed by atoms with Crippen molar-refractivity contribution in [2.45, 2.75) is 51.0 Å². The summed E-state index contributed by atoms with van der Waals surface area (Å²) in [6.45, 7) is 7.97. The van der Waals surface area contributed by atoms with Gasteiger partial charge in [0.15, 0.2) is 0 Å². The van der Waals surface area contributed by atoms with Crippen molar-refractivity contribution in [2.24, 2.45) is 0 Å². The fourth-order valence-corrected chi connectivity index (χ4v) is 2.20. The van der Waals surface area contributed by atoms with Gasteiger partial charge in [0, 0.05) is 30.2 Å². The van der Waals surface area contributed by atoms with E-state index in [1.54, 1.807) is 0 Å². The van der Waals surface area contributed by atoms with Gasteiger partial charge in [-0.25, -0.2) is 4.98 Å². The second-order valence-corrected chi connectivity index (χ2v) is 6.28. The maximum atomic E-state index is 5.98. The minimum absolute atomic E-state index is 0.00411. The van der Waals surface area contributed by atoms with Gasteiger partial charge >= 0.3 is 0 Å². The van der Waals surface area contributed by atoms with Gasteiger partial charge in [-0.15, -0.1) is 11.6 Å². The van der Waals surface area contributed by atoms with E-state index >= 15 is 0 Å². The van der Waals surface area contributed by atoms with Crippen LogP contribution in [-0.4, -0.2) is 24.3 Å². The summed E-state index contributed by atoms with van der Waals surface area (Å²) in [4.78, 5) is 4.63. The zero-order valence-electron chi connectivity index (χ0n) is 11.9. The summed E-state index contributed by atoms with van der Waals surface area (Å²) in [5.74, 6) is 1.17. The topological polar surface area (TPSA) is 31.4 Å². The average molecular weight is 284 g/mol. The number of aromatic nitrogens is 1. The molecule has 0 radical (unpaired) electrons. The first-order chi connectivity index (χ1) is 8.99. The monoisotopic (exact) mass is 283 g/mol. The minimum Gasteiger partial charge on any atom is -0.474 e. The van der Waals surface area contributed by atoms with Crippen molar-refractivity contribution in [3.05, 3.63) is 23.4 Å². The number of pyridine rings is 1. The first-order valence-corrected chi connectivity index (χ1v) is 7.34. The van der Waals surface area contributed by atoms with E-state index < -0.39 is 0 Å². The molecule has 0 N–H and O–H groups in total. The highest BCUT2D eigenvalue weighted by Gasteiger charge is 2.20. The first kappa shape index (κ1) is 14.6. The van der Waals surface area contributed by atoms with Crippen LogP contribution in [0.4, 0.5) is 0 Å². The molecule has 3 nitrogen and oxygen atoms in total. The van der Waals surface area contributed by atoms with E-state index in [-0.39, 0.29) is 11.5 Å². The Hall–Kier alpha value is -0.800. The van der Waals surface area contributed by atoms with Crippen LogP contribution in [0.5, 0.6) is 5.88 Å². The fourth-order valence-electron chi connectivity index (χ4n) is 2.05. The summed E-state index contributed by atoms with van der Waals surface area (Å²) < 4.78 is 11.3. The Labute approximate surface area is 120 Å². The smallest absolute Gasteiger partial charge is 0.214 e. The molecule has 106 valence electrons. The predicted molar refractivity (Wildman–Crippen MR) is 77.0 cm³/mol. The molecule has 1 saturated heterocycles. The van der Waals surface area contributed by atoms with Crippen LogP contribution in [0.2, 0.25) is 0 Å². The number of halogens is 1. The molecule has 0 amide bonds. The predicted octanol–water partition coefficient (Wildman–Crippen LogP) is 3.68. The molecule has 0 saturated carbocycles. The van der Waals surface area contributed by atoms with Crippen LogP contribution in [0.25, 0.3) is 0 Å². The summed E-state index contributed by atoms with van der Waals surface area (Å²) in [5, 5.41) is 0. The van der Waals surface area contributed by atoms with Crippen molar-refractivity contribution in [1.29, 1.82) is 0 Å². The van der Waals surface area contributed by atoms with Crippen molar-refractivity contribution in [3.63, 3.8) is 0 Å². The van der Waals surface area contributed by atoms with Crippen LogP contribution in [0.3, 0.4) is 0 Å². The standard InChI is InChI=1S/C15H22ClNO2/c1-15(2,3)13-8-11(10-16)9-14(17-13)19-12-4-6-18-7-5-12/h8-9,12H,4-7,10H2,1-3H3. The highest BCUT2D eigenvalue weighted by molar-refractivity contribution is 6.17. The lowest BCUT2D eigenvalue weighted by molar-refractivity contribution is 0.0235. The van der Waals surface area contributed by atoms with Gasteiger partial charge in [-0.3, -0.25) is 0 Å². The molecule has 0 unspecified atom stereocenters. The van der Waals surface area contributed by atoms with Gasteiger partial charge < -0.3 is 9.47 Å². The molecule has 0 aromatic carbocycles. The number of hydrogen-bond acceptors (Lipinski definition) is 3. The number of ether oxygens (including phenoxy) is 2. The normalized spacial score (nSPS) is 17.5. The molecule has 1 aliphatic rings. The molecular formula is C15H22ClNO2. The van der Waals surface area contributed by atoms with E-state index in [0.29, 0.717) is 11.8 Å². The Morgan fingerprint density at radius 3 is 2.58 bits per heavy atom. The van der Waals surface area contributed by atoms with Gasteiger partial charge in [0.25, 0.3) is 0 Å². The van der Waals surface area contributed by atoms with Gasteiger partial charge in [-0.2, -0.15) is 0 Å². The SMILES string of the molecule is CC(C)(C)c1cc(CCl)cc(OC2CCOCC2)n1. The largest absolute Gasteiger partial charge is 0.474 e. The number of alkyl halides is 1. The molecule has 2 heterocycles. The van der Waals surface area contributed by atoms with E-state index in [2.05, 4.69) is 31.8 Å². The average Bonchev–Trinajstić information content (AvgIpc) is 2.38. The zero-order chi connectivity index (χ0) is 13.9. The van der Waals surface area contributed by atoms with Crippen LogP contribution in [0, 0.1) is 0 Å². The Morgan fingerprint density at radius 1 is 1.32 bits per heavy atom. The molecule has 0 spiro atoms. The van der Waals surface area contributed by atoms with E-state index in [0.717, 1.165) is 37.3 Å². The quantitative estimate of drug-likeness (QED) is 0.793. The second kappa shape index (κ2) is 6.10. The molecule has 19 heavy (non-hydrogen) atoms. The first-order valence-electron chi connectivity index (χ1n) is 6.81. The Kier molecular flexibility index (Phi) is 4.69. The number of hydrogen-bond donors (Lipinski definition) is 0. The molecule has 1 aliphatic heterocycles. The summed E-state index contributed by atoms with van der Waals surface area (Å²) in [5.41, 5.74) is 2.08. The Bertz CT molecular complexity index is 423. The van der Waals surface area contributed by atoms with E-state index in [1.165, 1.54) is 0 Å². The Balaban J connectivity index is 2.19. The van der Waals surface area contributed by atoms with Gasteiger partial charge in [0.05, 0.1) is 18.9 Å². The molecule has 2 rings (SSSR count). The second-order valence-electron chi connectivity index (χ2n) is 6.01. The zero-order valence-corrected chi connectivity index (χ0v) is 12.7. The molecule has 0 atom stereocenters. The third-order valence-corrected chi connectivity index (χ3v) is 3.55. The van der Waals surface area contributed by atoms with Gasteiger partial charge in [-0.1, -0.05) is 20.8 Å². The van der Waals surface area contributed by atoms with Crippen molar-refractivity contribution >= 4 is 11.6 Å². The summed E-state index contributed by atoms with van der Waals surface area (Å²) in [6.07, 6.45) is 2.06. The van der Waals surface area contributed by atoms with Crippen molar-refractivity contribution in [3.8, 4) is 5.88 Å². The van der Waals surface area contributed by atoms with E-state index in [9.17, 15) is 0 Å². The van der Waals surface area contributed by atoms with Crippen LogP contribution >= 0.6 is 11.6 Å². The van der Waals surface area contributed by atoms with Crippen molar-refractivity contribution in [2.75, 3.05) is 13.2 Å². The lowest BCUT2D eigenvalue weighted by Crippen LogP contribution is -2.26. The van der Waals surface area contributed by atoms with Gasteiger partial charge in [-0.05, 0) is 11.6 Å². The highest BCUT2D eigenvalue weighted by Crippen LogP contribution is 2.26. The molecular weight excluding hydrogens is 262 g/mol. The molecule has 0 bridgehead atoms.